The molecule has 13 nitrogen and oxygen atoms in total. The SMILES string of the molecule is C1CCNCC1.Nc1[nH]c(=O)ncc1F.Nc1cc(=O)[nH]c(=O)[nH]1.Nc1ncccn1. The fourth-order valence-electron chi connectivity index (χ4n) is 1.99. The molecule has 1 aliphatic heterocycles. The van der Waals surface area contributed by atoms with E-state index in [2.05, 4.69) is 25.3 Å². The summed E-state index contributed by atoms with van der Waals surface area (Å²) >= 11 is 0. The van der Waals surface area contributed by atoms with Gasteiger partial charge < -0.3 is 22.5 Å². The largest absolute Gasteiger partial charge is 0.385 e. The van der Waals surface area contributed by atoms with Crippen LogP contribution in [-0.4, -0.2) is 43.0 Å². The zero-order valence-electron chi connectivity index (χ0n) is 16.6. The Labute approximate surface area is 175 Å². The van der Waals surface area contributed by atoms with E-state index in [9.17, 15) is 18.8 Å². The van der Waals surface area contributed by atoms with Crippen molar-refractivity contribution in [2.45, 2.75) is 19.3 Å². The molecule has 0 saturated carbocycles. The third-order valence-corrected chi connectivity index (χ3v) is 3.37. The van der Waals surface area contributed by atoms with Gasteiger partial charge in [0.15, 0.2) is 5.82 Å². The quantitative estimate of drug-likeness (QED) is 0.226. The second-order valence-corrected chi connectivity index (χ2v) is 5.91. The molecule has 0 amide bonds. The Morgan fingerprint density at radius 2 is 1.52 bits per heavy atom. The summed E-state index contributed by atoms with van der Waals surface area (Å²) in [6, 6.07) is 2.82. The van der Waals surface area contributed by atoms with E-state index in [0.29, 0.717) is 5.95 Å². The first-order valence-electron chi connectivity index (χ1n) is 9.10. The van der Waals surface area contributed by atoms with Crippen LogP contribution in [0.5, 0.6) is 0 Å². The number of halogens is 1. The number of nitrogen functional groups attached to an aromatic ring is 3. The lowest BCUT2D eigenvalue weighted by Crippen LogP contribution is -2.22. The normalized spacial score (nSPS) is 12.0. The van der Waals surface area contributed by atoms with Crippen LogP contribution in [-0.2, 0) is 0 Å². The minimum absolute atomic E-state index is 0.0729. The Morgan fingerprint density at radius 1 is 0.871 bits per heavy atom. The minimum Gasteiger partial charge on any atom is -0.385 e. The van der Waals surface area contributed by atoms with Crippen LogP contribution in [0, 0.1) is 5.82 Å². The maximum absolute atomic E-state index is 12.1. The molecule has 14 heteroatoms. The molecule has 0 radical (unpaired) electrons. The maximum Gasteiger partial charge on any atom is 0.346 e. The summed E-state index contributed by atoms with van der Waals surface area (Å²) in [6.07, 6.45) is 8.19. The number of hydrogen-bond acceptors (Lipinski definition) is 10. The summed E-state index contributed by atoms with van der Waals surface area (Å²) in [7, 11) is 0. The predicted molar refractivity (Wildman–Crippen MR) is 114 cm³/mol. The summed E-state index contributed by atoms with van der Waals surface area (Å²) in [5.41, 5.74) is 13.5. The number of nitrogens with two attached hydrogens (primary N) is 3. The molecule has 0 atom stereocenters. The van der Waals surface area contributed by atoms with Gasteiger partial charge >= 0.3 is 11.4 Å². The predicted octanol–water partition coefficient (Wildman–Crippen LogP) is -1.04. The van der Waals surface area contributed by atoms with E-state index in [1.165, 1.54) is 32.4 Å². The van der Waals surface area contributed by atoms with Crippen LogP contribution in [0.15, 0.2) is 45.1 Å². The summed E-state index contributed by atoms with van der Waals surface area (Å²) in [6.45, 7) is 2.50. The first kappa shape index (κ1) is 25.0. The molecule has 0 bridgehead atoms. The zero-order valence-corrected chi connectivity index (χ0v) is 16.6. The molecule has 1 aliphatic rings. The van der Waals surface area contributed by atoms with E-state index >= 15 is 0 Å². The van der Waals surface area contributed by atoms with Crippen LogP contribution in [0.4, 0.5) is 22.0 Å². The Kier molecular flexibility index (Phi) is 11.3. The van der Waals surface area contributed by atoms with Gasteiger partial charge in [0.1, 0.15) is 11.6 Å². The fraction of sp³-hybridized carbons (Fsp3) is 0.294. The molecule has 168 valence electrons. The number of nitrogens with one attached hydrogen (secondary N) is 4. The van der Waals surface area contributed by atoms with E-state index in [4.69, 9.17) is 17.2 Å². The van der Waals surface area contributed by atoms with Crippen LogP contribution in [0.2, 0.25) is 0 Å². The van der Waals surface area contributed by atoms with Gasteiger partial charge in [-0.05, 0) is 32.0 Å². The lowest BCUT2D eigenvalue weighted by atomic mass is 10.2. The lowest BCUT2D eigenvalue weighted by Gasteiger charge is -2.08. The van der Waals surface area contributed by atoms with Crippen LogP contribution in [0.3, 0.4) is 0 Å². The monoisotopic (exact) mass is 436 g/mol. The molecular weight excluding hydrogens is 411 g/mol. The van der Waals surface area contributed by atoms with Crippen LogP contribution < -0.4 is 39.5 Å². The van der Waals surface area contributed by atoms with E-state index in [1.54, 1.807) is 18.5 Å². The molecule has 4 heterocycles. The first-order valence-corrected chi connectivity index (χ1v) is 9.10. The highest BCUT2D eigenvalue weighted by atomic mass is 19.1. The van der Waals surface area contributed by atoms with Crippen molar-refractivity contribution in [3.63, 3.8) is 0 Å². The molecule has 1 fully saturated rings. The fourth-order valence-corrected chi connectivity index (χ4v) is 1.99. The van der Waals surface area contributed by atoms with Gasteiger partial charge in [-0.3, -0.25) is 19.7 Å². The molecule has 4 rings (SSSR count). The smallest absolute Gasteiger partial charge is 0.346 e. The number of aromatic nitrogens is 6. The number of H-pyrrole nitrogens is 3. The standard InChI is InChI=1S/C5H11N.C4H4FN3O.C4H5N3O2.C4H5N3/c1-2-4-6-5-3-1;5-2-1-7-4(9)8-3(2)6;5-2-1-3(8)7-4(9)6-2;5-4-6-2-1-3-7-4/h6H,1-5H2;1H,(H3,6,7,8,9);1H,(H4,5,6,7,8,9);1-3H,(H2,5,6,7). The van der Waals surface area contributed by atoms with Gasteiger partial charge in [0.2, 0.25) is 5.95 Å². The molecule has 10 N–H and O–H groups in total. The average Bonchev–Trinajstić information content (AvgIpc) is 2.73. The number of aromatic amines is 3. The van der Waals surface area contributed by atoms with Gasteiger partial charge in [0.25, 0.3) is 5.56 Å². The van der Waals surface area contributed by atoms with E-state index in [1.807, 2.05) is 9.97 Å². The van der Waals surface area contributed by atoms with Gasteiger partial charge in [-0.25, -0.2) is 23.9 Å². The Morgan fingerprint density at radius 3 is 1.87 bits per heavy atom. The molecule has 1 saturated heterocycles. The van der Waals surface area contributed by atoms with Crippen molar-refractivity contribution >= 4 is 17.6 Å². The number of anilines is 3. The van der Waals surface area contributed by atoms with Crippen molar-refractivity contribution in [1.82, 2.24) is 35.2 Å². The highest BCUT2D eigenvalue weighted by Crippen LogP contribution is 1.97. The molecule has 31 heavy (non-hydrogen) atoms. The van der Waals surface area contributed by atoms with Crippen molar-refractivity contribution in [3.8, 4) is 0 Å². The number of hydrogen-bond donors (Lipinski definition) is 7. The molecule has 0 unspecified atom stereocenters. The summed E-state index contributed by atoms with van der Waals surface area (Å²) in [5.74, 6) is -0.601. The molecule has 0 spiro atoms. The first-order chi connectivity index (χ1) is 14.8. The Bertz CT molecular complexity index is 1020. The highest BCUT2D eigenvalue weighted by Gasteiger charge is 1.95. The second-order valence-electron chi connectivity index (χ2n) is 5.91. The van der Waals surface area contributed by atoms with Crippen molar-refractivity contribution in [1.29, 1.82) is 0 Å². The lowest BCUT2D eigenvalue weighted by molar-refractivity contribution is 0.520. The zero-order chi connectivity index (χ0) is 23.1. The summed E-state index contributed by atoms with van der Waals surface area (Å²) in [4.78, 5) is 47.4. The Hall–Kier alpha value is -4.07. The van der Waals surface area contributed by atoms with Gasteiger partial charge in [-0.1, -0.05) is 6.42 Å². The molecule has 3 aromatic heterocycles. The molecule has 3 aromatic rings. The number of nitrogens with zero attached hydrogens (tertiary/aromatic N) is 3. The van der Waals surface area contributed by atoms with Crippen molar-refractivity contribution in [3.05, 3.63) is 67.9 Å². The minimum atomic E-state index is -0.713. The van der Waals surface area contributed by atoms with E-state index < -0.39 is 22.8 Å². The van der Waals surface area contributed by atoms with Crippen molar-refractivity contribution in [2.24, 2.45) is 0 Å². The van der Waals surface area contributed by atoms with Gasteiger partial charge in [-0.2, -0.15) is 4.98 Å². The van der Waals surface area contributed by atoms with Gasteiger partial charge in [0, 0.05) is 18.5 Å². The Balaban J connectivity index is 0.000000209. The average molecular weight is 436 g/mol. The second kappa shape index (κ2) is 14.0. The highest BCUT2D eigenvalue weighted by molar-refractivity contribution is 5.25. The van der Waals surface area contributed by atoms with Gasteiger partial charge in [0.05, 0.1) is 6.20 Å². The number of rotatable bonds is 0. The van der Waals surface area contributed by atoms with Crippen LogP contribution in [0.1, 0.15) is 19.3 Å². The van der Waals surface area contributed by atoms with Crippen molar-refractivity contribution in [2.75, 3.05) is 30.3 Å². The molecular formula is C17H25FN10O3. The number of piperidine rings is 1. The third-order valence-electron chi connectivity index (χ3n) is 3.37. The van der Waals surface area contributed by atoms with E-state index in [-0.39, 0.29) is 11.6 Å². The third kappa shape index (κ3) is 12.2. The van der Waals surface area contributed by atoms with Crippen LogP contribution >= 0.6 is 0 Å². The topological polar surface area (TPSA) is 227 Å². The van der Waals surface area contributed by atoms with Crippen LogP contribution in [0.25, 0.3) is 0 Å². The summed E-state index contributed by atoms with van der Waals surface area (Å²) < 4.78 is 12.1. The van der Waals surface area contributed by atoms with E-state index in [0.717, 1.165) is 12.3 Å². The maximum atomic E-state index is 12.1. The molecule has 0 aliphatic carbocycles. The van der Waals surface area contributed by atoms with Gasteiger partial charge in [-0.15, -0.1) is 0 Å². The van der Waals surface area contributed by atoms with Crippen molar-refractivity contribution < 1.29 is 4.39 Å². The summed E-state index contributed by atoms with van der Waals surface area (Å²) in [5, 5.41) is 3.28. The molecule has 0 aromatic carbocycles.